The molecule has 0 radical (unpaired) electrons. The van der Waals surface area contributed by atoms with E-state index >= 15 is 0 Å². The van der Waals surface area contributed by atoms with Gasteiger partial charge in [0.1, 0.15) is 0 Å². The summed E-state index contributed by atoms with van der Waals surface area (Å²) in [7, 11) is 0. The van der Waals surface area contributed by atoms with Gasteiger partial charge in [-0.15, -0.1) is 0 Å². The Kier molecular flexibility index (Phi) is 2.88. The monoisotopic (exact) mass is 206 g/mol. The number of benzene rings is 1. The maximum atomic E-state index is 10.4. The van der Waals surface area contributed by atoms with Crippen molar-refractivity contribution in [2.24, 2.45) is 0 Å². The third-order valence-electron chi connectivity index (χ3n) is 1.64. The Hall–Kier alpha value is -2.55. The van der Waals surface area contributed by atoms with Crippen LogP contribution < -0.4 is 0 Å². The zero-order chi connectivity index (χ0) is 11.4. The molecular formula is C9H6N2O4. The van der Waals surface area contributed by atoms with Gasteiger partial charge in [-0.25, -0.2) is 0 Å². The molecule has 1 aromatic rings. The van der Waals surface area contributed by atoms with Crippen molar-refractivity contribution in [3.63, 3.8) is 0 Å². The Labute approximate surface area is 84.5 Å². The lowest BCUT2D eigenvalue weighted by Gasteiger charge is -2.00. The summed E-state index contributed by atoms with van der Waals surface area (Å²) in [5.74, 6) is -1.38. The van der Waals surface area contributed by atoms with Gasteiger partial charge in [-0.1, -0.05) is 0 Å². The van der Waals surface area contributed by atoms with Gasteiger partial charge < -0.3 is 10.2 Å². The summed E-state index contributed by atoms with van der Waals surface area (Å²) in [5, 5.41) is 37.0. The molecule has 15 heavy (non-hydrogen) atoms. The lowest BCUT2D eigenvalue weighted by molar-refractivity contribution is -0.386. The van der Waals surface area contributed by atoms with Crippen molar-refractivity contribution in [1.82, 2.24) is 0 Å². The second-order valence-electron chi connectivity index (χ2n) is 2.63. The molecule has 0 saturated carbocycles. The first kappa shape index (κ1) is 10.5. The molecule has 1 rings (SSSR count). The number of phenolic OH excluding ortho intramolecular Hbond substituents is 2. The maximum absolute atomic E-state index is 10.4. The molecule has 0 atom stereocenters. The summed E-state index contributed by atoms with van der Waals surface area (Å²) >= 11 is 0. The molecule has 0 aliphatic rings. The molecule has 6 nitrogen and oxygen atoms in total. The number of nitro groups is 1. The van der Waals surface area contributed by atoms with Crippen LogP contribution in [0.25, 0.3) is 6.08 Å². The minimum Gasteiger partial charge on any atom is -0.504 e. The number of hydrogen-bond acceptors (Lipinski definition) is 5. The summed E-state index contributed by atoms with van der Waals surface area (Å²) in [6.07, 6.45) is 2.39. The van der Waals surface area contributed by atoms with Crippen molar-refractivity contribution < 1.29 is 15.1 Å². The SMILES string of the molecule is N#C/C=C\c1cc(O)c(O)c([N+](=O)[O-])c1. The van der Waals surface area contributed by atoms with E-state index in [0.717, 1.165) is 18.2 Å². The largest absolute Gasteiger partial charge is 0.504 e. The smallest absolute Gasteiger partial charge is 0.315 e. The fraction of sp³-hybridized carbons (Fsp3) is 0. The lowest BCUT2D eigenvalue weighted by Crippen LogP contribution is -1.89. The fourth-order valence-corrected chi connectivity index (χ4v) is 0.994. The predicted octanol–water partition coefficient (Wildman–Crippen LogP) is 1.54. The second-order valence-corrected chi connectivity index (χ2v) is 2.63. The standard InChI is InChI=1S/C9H6N2O4/c10-3-1-2-6-4-7(11(14)15)9(13)8(12)5-6/h1-2,4-5,12-13H/b2-1-. The van der Waals surface area contributed by atoms with Crippen molar-refractivity contribution in [1.29, 1.82) is 5.26 Å². The molecule has 0 aliphatic carbocycles. The highest BCUT2D eigenvalue weighted by atomic mass is 16.6. The average molecular weight is 206 g/mol. The highest BCUT2D eigenvalue weighted by Gasteiger charge is 2.17. The number of aromatic hydroxyl groups is 2. The van der Waals surface area contributed by atoms with Crippen LogP contribution in [0.4, 0.5) is 5.69 Å². The van der Waals surface area contributed by atoms with Gasteiger partial charge in [0.25, 0.3) is 0 Å². The minimum absolute atomic E-state index is 0.263. The topological polar surface area (TPSA) is 107 Å². The van der Waals surface area contributed by atoms with Crippen LogP contribution in [-0.4, -0.2) is 15.1 Å². The predicted molar refractivity (Wildman–Crippen MR) is 51.1 cm³/mol. The lowest BCUT2D eigenvalue weighted by atomic mass is 10.1. The van der Waals surface area contributed by atoms with Crippen molar-refractivity contribution in [3.05, 3.63) is 33.9 Å². The summed E-state index contributed by atoms with van der Waals surface area (Å²) in [6, 6.07) is 3.88. The van der Waals surface area contributed by atoms with Gasteiger partial charge in [-0.05, 0) is 17.7 Å². The number of hydrogen-bond donors (Lipinski definition) is 2. The molecular weight excluding hydrogens is 200 g/mol. The quantitative estimate of drug-likeness (QED) is 0.330. The molecule has 0 spiro atoms. The zero-order valence-electron chi connectivity index (χ0n) is 7.41. The van der Waals surface area contributed by atoms with Gasteiger partial charge in [-0.3, -0.25) is 10.1 Å². The molecule has 0 bridgehead atoms. The Bertz CT molecular complexity index is 474. The average Bonchev–Trinajstić information content (AvgIpc) is 2.19. The van der Waals surface area contributed by atoms with Crippen molar-refractivity contribution in [2.75, 3.05) is 0 Å². The number of nitro benzene ring substituents is 1. The molecule has 1 aromatic carbocycles. The normalized spacial score (nSPS) is 10.1. The second kappa shape index (κ2) is 4.11. The molecule has 0 unspecified atom stereocenters. The van der Waals surface area contributed by atoms with Crippen LogP contribution in [0.15, 0.2) is 18.2 Å². The van der Waals surface area contributed by atoms with E-state index in [1.807, 2.05) is 0 Å². The van der Waals surface area contributed by atoms with Crippen LogP contribution in [0.5, 0.6) is 11.5 Å². The minimum atomic E-state index is -0.821. The highest BCUT2D eigenvalue weighted by molar-refractivity contribution is 5.64. The first-order chi connectivity index (χ1) is 7.06. The summed E-state index contributed by atoms with van der Waals surface area (Å²) in [6.45, 7) is 0. The number of nitriles is 1. The van der Waals surface area contributed by atoms with Crippen LogP contribution in [0, 0.1) is 21.4 Å². The molecule has 6 heteroatoms. The molecule has 76 valence electrons. The summed E-state index contributed by atoms with van der Waals surface area (Å²) in [5.41, 5.74) is -0.342. The third kappa shape index (κ3) is 2.22. The van der Waals surface area contributed by atoms with Crippen LogP contribution in [0.1, 0.15) is 5.56 Å². The van der Waals surface area contributed by atoms with Gasteiger partial charge in [0, 0.05) is 12.1 Å². The molecule has 0 heterocycles. The number of phenols is 2. The van der Waals surface area contributed by atoms with Crippen LogP contribution in [0.2, 0.25) is 0 Å². The first-order valence-electron chi connectivity index (χ1n) is 3.82. The van der Waals surface area contributed by atoms with Gasteiger partial charge >= 0.3 is 5.69 Å². The van der Waals surface area contributed by atoms with E-state index in [1.54, 1.807) is 6.07 Å². The highest BCUT2D eigenvalue weighted by Crippen LogP contribution is 2.36. The Morgan fingerprint density at radius 1 is 1.47 bits per heavy atom. The Morgan fingerprint density at radius 3 is 2.67 bits per heavy atom. The van der Waals surface area contributed by atoms with Crippen molar-refractivity contribution >= 4 is 11.8 Å². The molecule has 0 saturated heterocycles. The number of nitrogens with zero attached hydrogens (tertiary/aromatic N) is 2. The van der Waals surface area contributed by atoms with E-state index in [1.165, 1.54) is 6.08 Å². The number of allylic oxidation sites excluding steroid dienone is 1. The van der Waals surface area contributed by atoms with Gasteiger partial charge in [-0.2, -0.15) is 5.26 Å². The van der Waals surface area contributed by atoms with E-state index in [0.29, 0.717) is 0 Å². The van der Waals surface area contributed by atoms with E-state index in [9.17, 15) is 10.1 Å². The maximum Gasteiger partial charge on any atom is 0.315 e. The van der Waals surface area contributed by atoms with E-state index in [4.69, 9.17) is 15.5 Å². The van der Waals surface area contributed by atoms with Gasteiger partial charge in [0.2, 0.25) is 5.75 Å². The van der Waals surface area contributed by atoms with Crippen molar-refractivity contribution in [3.8, 4) is 17.6 Å². The Balaban J connectivity index is 3.31. The van der Waals surface area contributed by atoms with E-state index in [-0.39, 0.29) is 5.56 Å². The van der Waals surface area contributed by atoms with E-state index < -0.39 is 22.1 Å². The molecule has 0 fully saturated rings. The third-order valence-corrected chi connectivity index (χ3v) is 1.64. The van der Waals surface area contributed by atoms with Crippen LogP contribution >= 0.6 is 0 Å². The van der Waals surface area contributed by atoms with Gasteiger partial charge in [0.15, 0.2) is 5.75 Å². The molecule has 0 aromatic heterocycles. The molecule has 0 amide bonds. The molecule has 2 N–H and O–H groups in total. The summed E-state index contributed by atoms with van der Waals surface area (Å²) in [4.78, 5) is 9.62. The van der Waals surface area contributed by atoms with Crippen LogP contribution in [-0.2, 0) is 0 Å². The number of rotatable bonds is 2. The fourth-order valence-electron chi connectivity index (χ4n) is 0.994. The van der Waals surface area contributed by atoms with Gasteiger partial charge in [0.05, 0.1) is 11.0 Å². The first-order valence-corrected chi connectivity index (χ1v) is 3.82. The van der Waals surface area contributed by atoms with Crippen molar-refractivity contribution in [2.45, 2.75) is 0 Å². The zero-order valence-corrected chi connectivity index (χ0v) is 7.41. The van der Waals surface area contributed by atoms with Crippen LogP contribution in [0.3, 0.4) is 0 Å². The molecule has 0 aliphatic heterocycles. The van der Waals surface area contributed by atoms with E-state index in [2.05, 4.69) is 0 Å². The summed E-state index contributed by atoms with van der Waals surface area (Å²) < 4.78 is 0. The Morgan fingerprint density at radius 2 is 2.13 bits per heavy atom.